The van der Waals surface area contributed by atoms with Crippen LogP contribution in [0.3, 0.4) is 0 Å². The minimum Gasteiger partial charge on any atom is -0.326 e. The van der Waals surface area contributed by atoms with Crippen LogP contribution in [-0.2, 0) is 6.54 Å². The lowest BCUT2D eigenvalue weighted by Crippen LogP contribution is -2.00. The van der Waals surface area contributed by atoms with E-state index >= 15 is 0 Å². The first-order valence-corrected chi connectivity index (χ1v) is 6.48. The number of thioether (sulfide) groups is 1. The van der Waals surface area contributed by atoms with Crippen molar-refractivity contribution < 1.29 is 8.78 Å². The molecule has 0 aromatic heterocycles. The number of rotatable bonds is 6. The molecule has 0 saturated carbocycles. The number of halogens is 2. The molecule has 0 aliphatic heterocycles. The largest absolute Gasteiger partial charge is 0.326 e. The zero-order chi connectivity index (χ0) is 12.0. The molecule has 0 spiro atoms. The molecule has 0 atom stereocenters. The summed E-state index contributed by atoms with van der Waals surface area (Å²) in [5.74, 6) is -0.243. The summed E-state index contributed by atoms with van der Waals surface area (Å²) in [4.78, 5) is 0.119. The van der Waals surface area contributed by atoms with Gasteiger partial charge in [-0.25, -0.2) is 8.78 Å². The molecule has 0 fully saturated rings. The molecule has 1 aromatic rings. The van der Waals surface area contributed by atoms with Gasteiger partial charge in [-0.3, -0.25) is 0 Å². The Bertz CT molecular complexity index is 319. The molecule has 1 rings (SSSR count). The molecule has 0 radical (unpaired) electrons. The van der Waals surface area contributed by atoms with E-state index in [4.69, 9.17) is 5.73 Å². The highest BCUT2D eigenvalue weighted by Crippen LogP contribution is 2.27. The van der Waals surface area contributed by atoms with Crippen LogP contribution in [0.2, 0.25) is 0 Å². The van der Waals surface area contributed by atoms with Crippen LogP contribution >= 0.6 is 11.8 Å². The Balaban J connectivity index is 2.65. The van der Waals surface area contributed by atoms with Gasteiger partial charge in [-0.2, -0.15) is 0 Å². The molecule has 1 aromatic carbocycles. The first-order chi connectivity index (χ1) is 7.69. The Labute approximate surface area is 99.4 Å². The zero-order valence-electron chi connectivity index (χ0n) is 9.43. The molecule has 90 valence electrons. The topological polar surface area (TPSA) is 26.0 Å². The van der Waals surface area contributed by atoms with Crippen molar-refractivity contribution >= 4 is 11.8 Å². The van der Waals surface area contributed by atoms with Crippen molar-refractivity contribution in [2.24, 2.45) is 5.73 Å². The minimum atomic E-state index is -0.498. The van der Waals surface area contributed by atoms with E-state index in [1.165, 1.54) is 23.9 Å². The van der Waals surface area contributed by atoms with Crippen LogP contribution in [-0.4, -0.2) is 5.75 Å². The molecule has 1 nitrogen and oxygen atoms in total. The van der Waals surface area contributed by atoms with Crippen molar-refractivity contribution in [1.82, 2.24) is 0 Å². The number of hydrogen-bond acceptors (Lipinski definition) is 2. The maximum atomic E-state index is 13.5. The summed E-state index contributed by atoms with van der Waals surface area (Å²) in [5, 5.41) is 0. The monoisotopic (exact) mass is 245 g/mol. The molecule has 4 heteroatoms. The van der Waals surface area contributed by atoms with E-state index < -0.39 is 11.6 Å². The molecule has 0 amide bonds. The van der Waals surface area contributed by atoms with Crippen molar-refractivity contribution in [3.63, 3.8) is 0 Å². The van der Waals surface area contributed by atoms with Gasteiger partial charge in [-0.15, -0.1) is 11.8 Å². The summed E-state index contributed by atoms with van der Waals surface area (Å²) < 4.78 is 27.0. The fourth-order valence-electron chi connectivity index (χ4n) is 1.39. The van der Waals surface area contributed by atoms with E-state index in [9.17, 15) is 8.78 Å². The Hall–Kier alpha value is -0.610. The Morgan fingerprint density at radius 3 is 2.31 bits per heavy atom. The summed E-state index contributed by atoms with van der Waals surface area (Å²) >= 11 is 1.24. The van der Waals surface area contributed by atoms with Crippen LogP contribution in [0.15, 0.2) is 17.0 Å². The predicted octanol–water partition coefficient (Wildman–Crippen LogP) is 3.71. The van der Waals surface area contributed by atoms with Crippen molar-refractivity contribution in [3.05, 3.63) is 29.3 Å². The maximum absolute atomic E-state index is 13.5. The quantitative estimate of drug-likeness (QED) is 0.611. The highest BCUT2D eigenvalue weighted by atomic mass is 32.2. The third-order valence-corrected chi connectivity index (χ3v) is 3.46. The van der Waals surface area contributed by atoms with Gasteiger partial charge in [-0.1, -0.05) is 19.8 Å². The molecular formula is C12H17F2NS. The second-order valence-corrected chi connectivity index (χ2v) is 4.75. The van der Waals surface area contributed by atoms with Gasteiger partial charge in [0.2, 0.25) is 0 Å². The average molecular weight is 245 g/mol. The number of unbranched alkanes of at least 4 members (excludes halogenated alkanes) is 2. The van der Waals surface area contributed by atoms with Gasteiger partial charge in [0.1, 0.15) is 11.6 Å². The average Bonchev–Trinajstić information content (AvgIpc) is 2.26. The van der Waals surface area contributed by atoms with E-state index in [1.807, 2.05) is 0 Å². The van der Waals surface area contributed by atoms with Crippen molar-refractivity contribution in [1.29, 1.82) is 0 Å². The summed E-state index contributed by atoms with van der Waals surface area (Å²) in [7, 11) is 0. The van der Waals surface area contributed by atoms with Gasteiger partial charge in [0.25, 0.3) is 0 Å². The summed E-state index contributed by atoms with van der Waals surface area (Å²) in [5.41, 5.74) is 5.83. The van der Waals surface area contributed by atoms with Crippen molar-refractivity contribution in [3.8, 4) is 0 Å². The smallest absolute Gasteiger partial charge is 0.140 e. The van der Waals surface area contributed by atoms with Gasteiger partial charge in [0.15, 0.2) is 0 Å². The van der Waals surface area contributed by atoms with E-state index in [1.54, 1.807) is 0 Å². The highest BCUT2D eigenvalue weighted by molar-refractivity contribution is 7.99. The third kappa shape index (κ3) is 3.76. The van der Waals surface area contributed by atoms with Gasteiger partial charge in [0, 0.05) is 6.54 Å². The lowest BCUT2D eigenvalue weighted by atomic mass is 10.2. The molecular weight excluding hydrogens is 228 g/mol. The van der Waals surface area contributed by atoms with Gasteiger partial charge in [-0.05, 0) is 29.9 Å². The van der Waals surface area contributed by atoms with E-state index in [2.05, 4.69) is 6.92 Å². The zero-order valence-corrected chi connectivity index (χ0v) is 10.2. The Morgan fingerprint density at radius 2 is 1.81 bits per heavy atom. The normalized spacial score (nSPS) is 10.8. The van der Waals surface area contributed by atoms with Crippen LogP contribution in [0.25, 0.3) is 0 Å². The fraction of sp³-hybridized carbons (Fsp3) is 0.500. The Kier molecular flexibility index (Phi) is 5.77. The van der Waals surface area contributed by atoms with Crippen LogP contribution in [0.4, 0.5) is 8.78 Å². The maximum Gasteiger partial charge on any atom is 0.140 e. The molecule has 0 saturated heterocycles. The predicted molar refractivity (Wildman–Crippen MR) is 64.5 cm³/mol. The van der Waals surface area contributed by atoms with Crippen LogP contribution in [0, 0.1) is 11.6 Å². The van der Waals surface area contributed by atoms with E-state index in [-0.39, 0.29) is 11.4 Å². The molecule has 16 heavy (non-hydrogen) atoms. The van der Waals surface area contributed by atoms with E-state index in [0.717, 1.165) is 25.0 Å². The van der Waals surface area contributed by atoms with Crippen molar-refractivity contribution in [2.75, 3.05) is 5.75 Å². The first-order valence-electron chi connectivity index (χ1n) is 5.49. The van der Waals surface area contributed by atoms with Crippen LogP contribution in [0.5, 0.6) is 0 Å². The number of nitrogens with two attached hydrogens (primary N) is 1. The molecule has 0 aliphatic rings. The highest BCUT2D eigenvalue weighted by Gasteiger charge is 2.10. The van der Waals surface area contributed by atoms with E-state index in [0.29, 0.717) is 5.56 Å². The third-order valence-electron chi connectivity index (χ3n) is 2.29. The lowest BCUT2D eigenvalue weighted by molar-refractivity contribution is 0.537. The second-order valence-electron chi connectivity index (χ2n) is 3.65. The van der Waals surface area contributed by atoms with Crippen LogP contribution < -0.4 is 5.73 Å². The summed E-state index contributed by atoms with van der Waals surface area (Å²) in [6.45, 7) is 2.26. The minimum absolute atomic E-state index is 0.119. The first kappa shape index (κ1) is 13.5. The van der Waals surface area contributed by atoms with Gasteiger partial charge < -0.3 is 5.73 Å². The van der Waals surface area contributed by atoms with Crippen LogP contribution in [0.1, 0.15) is 31.7 Å². The molecule has 0 unspecified atom stereocenters. The second kappa shape index (κ2) is 6.86. The standard InChI is InChI=1S/C12H17F2NS/c1-2-3-4-5-16-12-10(13)6-9(8-15)7-11(12)14/h6-7H,2-5,8,15H2,1H3. The molecule has 0 bridgehead atoms. The molecule has 0 heterocycles. The van der Waals surface area contributed by atoms with Gasteiger partial charge >= 0.3 is 0 Å². The Morgan fingerprint density at radius 1 is 1.19 bits per heavy atom. The SMILES string of the molecule is CCCCCSc1c(F)cc(CN)cc1F. The summed E-state index contributed by atoms with van der Waals surface area (Å²) in [6.07, 6.45) is 3.19. The summed E-state index contributed by atoms with van der Waals surface area (Å²) in [6, 6.07) is 2.62. The van der Waals surface area contributed by atoms with Crippen molar-refractivity contribution in [2.45, 2.75) is 37.6 Å². The molecule has 0 aliphatic carbocycles. The number of benzene rings is 1. The lowest BCUT2D eigenvalue weighted by Gasteiger charge is -2.06. The van der Waals surface area contributed by atoms with Gasteiger partial charge in [0.05, 0.1) is 4.90 Å². The number of hydrogen-bond donors (Lipinski definition) is 1. The molecule has 2 N–H and O–H groups in total. The fourth-order valence-corrected chi connectivity index (χ4v) is 2.34.